The summed E-state index contributed by atoms with van der Waals surface area (Å²) in [6.07, 6.45) is 1.73. The molecule has 0 bridgehead atoms. The van der Waals surface area contributed by atoms with E-state index in [2.05, 4.69) is 5.32 Å². The van der Waals surface area contributed by atoms with Gasteiger partial charge in [-0.3, -0.25) is 14.9 Å². The molecule has 0 saturated heterocycles. The maximum atomic E-state index is 12.9. The first-order valence-electron chi connectivity index (χ1n) is 9.19. The molecule has 0 radical (unpaired) electrons. The highest BCUT2D eigenvalue weighted by molar-refractivity contribution is 6.32. The molecule has 1 aliphatic heterocycles. The van der Waals surface area contributed by atoms with Crippen LogP contribution in [0.4, 0.5) is 5.69 Å². The zero-order chi connectivity index (χ0) is 21.1. The summed E-state index contributed by atoms with van der Waals surface area (Å²) in [6, 6.07) is 4.34. The standard InChI is InChI=1S/C20H21ClN2O6/c1-11-17(20(25)29-9-8-28-2)18(19-14(22-11)4-3-5-16(19)24)12-6-7-13(21)15(10-12)23(26)27/h6-7,10,18,22H,3-5,8-9H2,1-2H3/t18-/m0/s1. The Bertz CT molecular complexity index is 937. The van der Waals surface area contributed by atoms with Gasteiger partial charge < -0.3 is 14.8 Å². The maximum absolute atomic E-state index is 12.9. The van der Waals surface area contributed by atoms with Crippen LogP contribution < -0.4 is 5.32 Å². The quantitative estimate of drug-likeness (QED) is 0.325. The number of nitro groups is 1. The first-order chi connectivity index (χ1) is 13.8. The average molecular weight is 421 g/mol. The van der Waals surface area contributed by atoms with Crippen LogP contribution in [0.3, 0.4) is 0 Å². The number of carbonyl (C=O) groups is 2. The minimum absolute atomic E-state index is 0.0122. The van der Waals surface area contributed by atoms with Crippen molar-refractivity contribution in [3.8, 4) is 0 Å². The first-order valence-corrected chi connectivity index (χ1v) is 9.56. The lowest BCUT2D eigenvalue weighted by atomic mass is 9.75. The molecule has 1 aromatic rings. The van der Waals surface area contributed by atoms with Gasteiger partial charge >= 0.3 is 5.97 Å². The minimum Gasteiger partial charge on any atom is -0.460 e. The second-order valence-electron chi connectivity index (χ2n) is 6.86. The molecule has 1 heterocycles. The number of nitrogens with one attached hydrogen (secondary N) is 1. The number of esters is 1. The normalized spacial score (nSPS) is 19.0. The fourth-order valence-corrected chi connectivity index (χ4v) is 3.92. The van der Waals surface area contributed by atoms with Gasteiger partial charge in [0.2, 0.25) is 0 Å². The van der Waals surface area contributed by atoms with Crippen molar-refractivity contribution in [2.24, 2.45) is 0 Å². The number of methoxy groups -OCH3 is 1. The number of Topliss-reactive ketones (excluding diaryl/α,β-unsaturated/α-hetero) is 1. The number of ketones is 1. The number of ether oxygens (including phenoxy) is 2. The van der Waals surface area contributed by atoms with Crippen molar-refractivity contribution in [2.45, 2.75) is 32.1 Å². The van der Waals surface area contributed by atoms with Crippen LogP contribution in [0.15, 0.2) is 40.7 Å². The SMILES string of the molecule is COCCOC(=O)C1=C(C)NC2=C(C(=O)CCC2)[C@H]1c1ccc(Cl)c([N+](=O)[O-])c1. The summed E-state index contributed by atoms with van der Waals surface area (Å²) < 4.78 is 10.2. The Labute approximate surface area is 172 Å². The van der Waals surface area contributed by atoms with Crippen molar-refractivity contribution < 1.29 is 24.0 Å². The summed E-state index contributed by atoms with van der Waals surface area (Å²) >= 11 is 5.96. The molecule has 0 fully saturated rings. The molecule has 1 atom stereocenters. The van der Waals surface area contributed by atoms with Gasteiger partial charge in [0.1, 0.15) is 11.6 Å². The molecule has 9 heteroatoms. The summed E-state index contributed by atoms with van der Waals surface area (Å²) in [5, 5.41) is 14.5. The van der Waals surface area contributed by atoms with Crippen LogP contribution >= 0.6 is 11.6 Å². The summed E-state index contributed by atoms with van der Waals surface area (Å²) in [5.41, 5.74) is 2.18. The van der Waals surface area contributed by atoms with Gasteiger partial charge in [-0.05, 0) is 31.4 Å². The van der Waals surface area contributed by atoms with E-state index >= 15 is 0 Å². The van der Waals surface area contributed by atoms with Crippen LogP contribution in [0.1, 0.15) is 37.7 Å². The van der Waals surface area contributed by atoms with Gasteiger partial charge in [-0.2, -0.15) is 0 Å². The largest absolute Gasteiger partial charge is 0.460 e. The molecule has 0 aromatic heterocycles. The smallest absolute Gasteiger partial charge is 0.336 e. The Morgan fingerprint density at radius 2 is 2.10 bits per heavy atom. The van der Waals surface area contributed by atoms with Crippen molar-refractivity contribution in [2.75, 3.05) is 20.3 Å². The third-order valence-corrected chi connectivity index (χ3v) is 5.34. The van der Waals surface area contributed by atoms with Gasteiger partial charge in [-0.1, -0.05) is 17.7 Å². The molecule has 2 aliphatic rings. The number of rotatable bonds is 6. The molecular weight excluding hydrogens is 400 g/mol. The molecule has 8 nitrogen and oxygen atoms in total. The second-order valence-corrected chi connectivity index (χ2v) is 7.27. The lowest BCUT2D eigenvalue weighted by Gasteiger charge is -2.34. The van der Waals surface area contributed by atoms with Crippen LogP contribution in [0.25, 0.3) is 0 Å². The van der Waals surface area contributed by atoms with Crippen LogP contribution in [0, 0.1) is 10.1 Å². The van der Waals surface area contributed by atoms with Gasteiger partial charge in [0.15, 0.2) is 5.78 Å². The topological polar surface area (TPSA) is 108 Å². The van der Waals surface area contributed by atoms with Crippen molar-refractivity contribution in [1.29, 1.82) is 0 Å². The van der Waals surface area contributed by atoms with Crippen LogP contribution in [-0.4, -0.2) is 37.0 Å². The third-order valence-electron chi connectivity index (χ3n) is 5.02. The maximum Gasteiger partial charge on any atom is 0.336 e. The number of halogens is 1. The van der Waals surface area contributed by atoms with Gasteiger partial charge in [-0.25, -0.2) is 4.79 Å². The van der Waals surface area contributed by atoms with Gasteiger partial charge in [0, 0.05) is 42.5 Å². The van der Waals surface area contributed by atoms with E-state index in [-0.39, 0.29) is 35.3 Å². The number of carbonyl (C=O) groups excluding carboxylic acids is 2. The Kier molecular flexibility index (Phi) is 6.34. The minimum atomic E-state index is -0.759. The van der Waals surface area contributed by atoms with E-state index in [1.54, 1.807) is 13.0 Å². The van der Waals surface area contributed by atoms with Crippen molar-refractivity contribution in [3.05, 3.63) is 61.4 Å². The average Bonchev–Trinajstić information content (AvgIpc) is 2.67. The Hall–Kier alpha value is -2.71. The molecule has 0 spiro atoms. The van der Waals surface area contributed by atoms with Crippen LogP contribution in [0.5, 0.6) is 0 Å². The lowest BCUT2D eigenvalue weighted by molar-refractivity contribution is -0.384. The summed E-state index contributed by atoms with van der Waals surface area (Å²) in [7, 11) is 1.49. The Balaban J connectivity index is 2.12. The van der Waals surface area contributed by atoms with Gasteiger partial charge in [-0.15, -0.1) is 0 Å². The highest BCUT2D eigenvalue weighted by Gasteiger charge is 2.39. The van der Waals surface area contributed by atoms with Crippen LogP contribution in [0.2, 0.25) is 5.02 Å². The van der Waals surface area contributed by atoms with Crippen molar-refractivity contribution >= 4 is 29.0 Å². The van der Waals surface area contributed by atoms with Crippen molar-refractivity contribution in [3.63, 3.8) is 0 Å². The fraction of sp³-hybridized carbons (Fsp3) is 0.400. The zero-order valence-corrected chi connectivity index (χ0v) is 16.9. The molecule has 154 valence electrons. The van der Waals surface area contributed by atoms with E-state index in [0.717, 1.165) is 5.70 Å². The number of allylic oxidation sites excluding steroid dienone is 3. The summed E-state index contributed by atoms with van der Waals surface area (Å²) in [6.45, 7) is 2.02. The van der Waals surface area contributed by atoms with Crippen molar-refractivity contribution in [1.82, 2.24) is 5.32 Å². The molecule has 0 saturated carbocycles. The van der Waals surface area contributed by atoms with Crippen LogP contribution in [-0.2, 0) is 19.1 Å². The number of dihydropyridines is 1. The second kappa shape index (κ2) is 8.75. The third kappa shape index (κ3) is 4.18. The number of nitro benzene ring substituents is 1. The molecule has 1 aromatic carbocycles. The molecule has 3 rings (SSSR count). The van der Waals surface area contributed by atoms with E-state index in [9.17, 15) is 19.7 Å². The first kappa shape index (κ1) is 21.0. The summed E-state index contributed by atoms with van der Waals surface area (Å²) in [5.74, 6) is -1.44. The molecule has 1 aliphatic carbocycles. The predicted octanol–water partition coefficient (Wildman–Crippen LogP) is 3.41. The molecule has 0 unspecified atom stereocenters. The molecular formula is C20H21ClN2O6. The van der Waals surface area contributed by atoms with E-state index in [4.69, 9.17) is 21.1 Å². The molecule has 0 amide bonds. The number of benzene rings is 1. The number of hydrogen-bond acceptors (Lipinski definition) is 7. The lowest BCUT2D eigenvalue weighted by Crippen LogP contribution is -2.34. The Morgan fingerprint density at radius 3 is 2.79 bits per heavy atom. The monoisotopic (exact) mass is 420 g/mol. The molecule has 29 heavy (non-hydrogen) atoms. The highest BCUT2D eigenvalue weighted by atomic mass is 35.5. The van der Waals surface area contributed by atoms with Gasteiger partial charge in [0.25, 0.3) is 5.69 Å². The van der Waals surface area contributed by atoms with E-state index in [1.165, 1.54) is 19.2 Å². The fourth-order valence-electron chi connectivity index (χ4n) is 3.73. The predicted molar refractivity (Wildman–Crippen MR) is 105 cm³/mol. The number of hydrogen-bond donors (Lipinski definition) is 1. The zero-order valence-electron chi connectivity index (χ0n) is 16.1. The van der Waals surface area contributed by atoms with Gasteiger partial charge in [0.05, 0.1) is 17.1 Å². The van der Waals surface area contributed by atoms with E-state index in [0.29, 0.717) is 36.1 Å². The van der Waals surface area contributed by atoms with E-state index in [1.807, 2.05) is 0 Å². The molecule has 1 N–H and O–H groups in total. The Morgan fingerprint density at radius 1 is 1.34 bits per heavy atom. The van der Waals surface area contributed by atoms with E-state index < -0.39 is 16.8 Å². The highest BCUT2D eigenvalue weighted by Crippen LogP contribution is 2.43. The number of nitrogens with zero attached hydrogens (tertiary/aromatic N) is 1. The summed E-state index contributed by atoms with van der Waals surface area (Å²) in [4.78, 5) is 36.4.